The molecule has 0 aliphatic rings. The number of alkyl halides is 1. The number of halogens is 1. The Kier molecular flexibility index (Phi) is 5.67. The zero-order valence-corrected chi connectivity index (χ0v) is 10.4. The van der Waals surface area contributed by atoms with Crippen molar-refractivity contribution in [3.8, 4) is 0 Å². The van der Waals surface area contributed by atoms with Gasteiger partial charge in [0.2, 0.25) is 0 Å². The fourth-order valence-corrected chi connectivity index (χ4v) is 2.32. The predicted octanol–water partition coefficient (Wildman–Crippen LogP) is 3.19. The average molecular weight is 262 g/mol. The fraction of sp³-hybridized carbons (Fsp3) is 0.600. The maximum Gasteiger partial charge on any atom is 0.0299 e. The second-order valence-corrected chi connectivity index (χ2v) is 4.99. The molecule has 0 bridgehead atoms. The first-order valence-corrected chi connectivity index (χ1v) is 6.65. The number of thiophene rings is 1. The van der Waals surface area contributed by atoms with Crippen LogP contribution in [0.3, 0.4) is 0 Å². The summed E-state index contributed by atoms with van der Waals surface area (Å²) in [5.41, 5.74) is 0. The first-order chi connectivity index (χ1) is 6.36. The van der Waals surface area contributed by atoms with Gasteiger partial charge in [-0.25, -0.2) is 0 Å². The summed E-state index contributed by atoms with van der Waals surface area (Å²) in [6.45, 7) is 4.33. The zero-order valence-electron chi connectivity index (χ0n) is 7.98. The molecule has 1 N–H and O–H groups in total. The van der Waals surface area contributed by atoms with Crippen LogP contribution in [0.1, 0.15) is 23.1 Å². The normalized spacial score (nSPS) is 10.6. The minimum Gasteiger partial charge on any atom is -0.312 e. The third-order valence-corrected chi connectivity index (χ3v) is 3.64. The molecule has 1 nitrogen and oxygen atoms in total. The van der Waals surface area contributed by atoms with Crippen molar-refractivity contribution in [3.63, 3.8) is 0 Å². The van der Waals surface area contributed by atoms with Crippen LogP contribution in [0, 0.1) is 0 Å². The summed E-state index contributed by atoms with van der Waals surface area (Å²) in [7, 11) is 0. The topological polar surface area (TPSA) is 12.0 Å². The van der Waals surface area contributed by atoms with E-state index in [0.29, 0.717) is 0 Å². The Hall–Kier alpha value is 0.140. The Morgan fingerprint density at radius 2 is 2.15 bits per heavy atom. The second kappa shape index (κ2) is 6.57. The van der Waals surface area contributed by atoms with E-state index in [1.807, 2.05) is 11.3 Å². The summed E-state index contributed by atoms with van der Waals surface area (Å²) in [5, 5.41) is 4.51. The van der Waals surface area contributed by atoms with E-state index in [1.54, 1.807) is 0 Å². The molecule has 0 amide bonds. The molecule has 0 saturated carbocycles. The van der Waals surface area contributed by atoms with Crippen LogP contribution >= 0.6 is 27.3 Å². The third kappa shape index (κ3) is 4.25. The Morgan fingerprint density at radius 3 is 2.77 bits per heavy atom. The molecule has 1 aromatic heterocycles. The maximum atomic E-state index is 3.42. The van der Waals surface area contributed by atoms with Gasteiger partial charge in [0.1, 0.15) is 0 Å². The molecular formula is C10H16BrNS. The molecule has 0 fully saturated rings. The molecule has 0 radical (unpaired) electrons. The van der Waals surface area contributed by atoms with Crippen LogP contribution in [0.15, 0.2) is 12.1 Å². The van der Waals surface area contributed by atoms with Crippen LogP contribution < -0.4 is 5.32 Å². The summed E-state index contributed by atoms with van der Waals surface area (Å²) in [6, 6.07) is 4.46. The predicted molar refractivity (Wildman–Crippen MR) is 63.8 cm³/mol. The summed E-state index contributed by atoms with van der Waals surface area (Å²) in [4.78, 5) is 2.93. The first-order valence-electron chi connectivity index (χ1n) is 4.71. The van der Waals surface area contributed by atoms with Crippen molar-refractivity contribution in [3.05, 3.63) is 21.9 Å². The molecule has 0 spiro atoms. The lowest BCUT2D eigenvalue weighted by Crippen LogP contribution is -2.13. The zero-order chi connectivity index (χ0) is 9.52. The minimum absolute atomic E-state index is 1.03. The molecule has 1 heterocycles. The standard InChI is InChI=1S/C10H16BrNS/c1-2-9-4-5-10(13-9)8-12-7-3-6-11/h4-5,12H,2-3,6-8H2,1H3. The highest BCUT2D eigenvalue weighted by atomic mass is 79.9. The van der Waals surface area contributed by atoms with Gasteiger partial charge in [-0.05, 0) is 31.5 Å². The van der Waals surface area contributed by atoms with E-state index in [9.17, 15) is 0 Å². The lowest BCUT2D eigenvalue weighted by molar-refractivity contribution is 0.686. The Labute approximate surface area is 92.7 Å². The van der Waals surface area contributed by atoms with Crippen LogP contribution in [0.5, 0.6) is 0 Å². The molecule has 3 heteroatoms. The summed E-state index contributed by atoms with van der Waals surface area (Å²) in [6.07, 6.45) is 2.36. The van der Waals surface area contributed by atoms with E-state index in [1.165, 1.54) is 16.2 Å². The van der Waals surface area contributed by atoms with Crippen molar-refractivity contribution in [2.24, 2.45) is 0 Å². The van der Waals surface area contributed by atoms with Crippen molar-refractivity contribution >= 4 is 27.3 Å². The van der Waals surface area contributed by atoms with Gasteiger partial charge in [-0.1, -0.05) is 22.9 Å². The fourth-order valence-electron chi connectivity index (χ4n) is 1.11. The molecule has 0 unspecified atom stereocenters. The van der Waals surface area contributed by atoms with Crippen molar-refractivity contribution in [1.29, 1.82) is 0 Å². The molecule has 74 valence electrons. The summed E-state index contributed by atoms with van der Waals surface area (Å²) >= 11 is 5.33. The number of hydrogen-bond acceptors (Lipinski definition) is 2. The third-order valence-electron chi connectivity index (χ3n) is 1.85. The average Bonchev–Trinajstić information content (AvgIpc) is 2.60. The highest BCUT2D eigenvalue weighted by molar-refractivity contribution is 9.09. The van der Waals surface area contributed by atoms with Crippen LogP contribution in [0.2, 0.25) is 0 Å². The van der Waals surface area contributed by atoms with Crippen LogP contribution in [0.25, 0.3) is 0 Å². The van der Waals surface area contributed by atoms with Gasteiger partial charge in [-0.15, -0.1) is 11.3 Å². The molecule has 0 aromatic carbocycles. The SMILES string of the molecule is CCc1ccc(CNCCCBr)s1. The molecule has 0 atom stereocenters. The Balaban J connectivity index is 2.20. The van der Waals surface area contributed by atoms with Crippen LogP contribution in [0.4, 0.5) is 0 Å². The number of aryl methyl sites for hydroxylation is 1. The van der Waals surface area contributed by atoms with Crippen molar-refractivity contribution in [2.75, 3.05) is 11.9 Å². The molecule has 0 saturated heterocycles. The summed E-state index contributed by atoms with van der Waals surface area (Å²) in [5.74, 6) is 0. The first kappa shape index (κ1) is 11.2. The molecule has 0 aliphatic heterocycles. The van der Waals surface area contributed by atoms with E-state index in [-0.39, 0.29) is 0 Å². The van der Waals surface area contributed by atoms with Gasteiger partial charge in [-0.3, -0.25) is 0 Å². The van der Waals surface area contributed by atoms with Crippen LogP contribution in [-0.2, 0) is 13.0 Å². The number of rotatable bonds is 6. The van der Waals surface area contributed by atoms with Gasteiger partial charge in [0.15, 0.2) is 0 Å². The monoisotopic (exact) mass is 261 g/mol. The van der Waals surface area contributed by atoms with Crippen molar-refractivity contribution < 1.29 is 0 Å². The quantitative estimate of drug-likeness (QED) is 0.613. The van der Waals surface area contributed by atoms with E-state index in [4.69, 9.17) is 0 Å². The Morgan fingerprint density at radius 1 is 1.38 bits per heavy atom. The van der Waals surface area contributed by atoms with Gasteiger partial charge in [0.25, 0.3) is 0 Å². The van der Waals surface area contributed by atoms with Crippen LogP contribution in [-0.4, -0.2) is 11.9 Å². The molecule has 1 aromatic rings. The van der Waals surface area contributed by atoms with E-state index >= 15 is 0 Å². The maximum absolute atomic E-state index is 3.42. The Bertz CT molecular complexity index is 235. The highest BCUT2D eigenvalue weighted by Crippen LogP contribution is 2.16. The van der Waals surface area contributed by atoms with Crippen molar-refractivity contribution in [1.82, 2.24) is 5.32 Å². The molecule has 0 aliphatic carbocycles. The number of nitrogens with one attached hydrogen (secondary N) is 1. The van der Waals surface area contributed by atoms with Gasteiger partial charge < -0.3 is 5.32 Å². The van der Waals surface area contributed by atoms with Gasteiger partial charge in [0, 0.05) is 21.6 Å². The second-order valence-electron chi connectivity index (χ2n) is 2.94. The van der Waals surface area contributed by atoms with E-state index in [0.717, 1.165) is 24.8 Å². The molecular weight excluding hydrogens is 246 g/mol. The van der Waals surface area contributed by atoms with Gasteiger partial charge in [0.05, 0.1) is 0 Å². The van der Waals surface area contributed by atoms with E-state index in [2.05, 4.69) is 40.3 Å². The smallest absolute Gasteiger partial charge is 0.0299 e. The lowest BCUT2D eigenvalue weighted by atomic mass is 10.3. The summed E-state index contributed by atoms with van der Waals surface area (Å²) < 4.78 is 0. The number of hydrogen-bond donors (Lipinski definition) is 1. The van der Waals surface area contributed by atoms with E-state index < -0.39 is 0 Å². The lowest BCUT2D eigenvalue weighted by Gasteiger charge is -1.99. The molecule has 13 heavy (non-hydrogen) atoms. The van der Waals surface area contributed by atoms with Gasteiger partial charge in [-0.2, -0.15) is 0 Å². The van der Waals surface area contributed by atoms with Crippen molar-refractivity contribution in [2.45, 2.75) is 26.3 Å². The minimum atomic E-state index is 1.03. The van der Waals surface area contributed by atoms with Gasteiger partial charge >= 0.3 is 0 Å². The highest BCUT2D eigenvalue weighted by Gasteiger charge is 1.97. The largest absolute Gasteiger partial charge is 0.312 e. The molecule has 1 rings (SSSR count).